The number of ketones is 1. The lowest BCUT2D eigenvalue weighted by molar-refractivity contribution is -0.119. The number of benzene rings is 2. The first-order chi connectivity index (χ1) is 13.3. The molecular weight excluding hydrogens is 384 g/mol. The smallest absolute Gasteiger partial charge is 0.264 e. The van der Waals surface area contributed by atoms with E-state index in [1.54, 1.807) is 0 Å². The van der Waals surface area contributed by atoms with Crippen molar-refractivity contribution in [1.82, 2.24) is 5.32 Å². The van der Waals surface area contributed by atoms with Crippen LogP contribution in [0, 0.1) is 0 Å². The fourth-order valence-corrected chi connectivity index (χ4v) is 4.14. The van der Waals surface area contributed by atoms with Crippen LogP contribution < -0.4 is 19.1 Å². The minimum Gasteiger partial charge on any atom is -0.486 e. The van der Waals surface area contributed by atoms with E-state index in [1.165, 1.54) is 56.4 Å². The number of nitrogens with zero attached hydrogens (tertiary/aromatic N) is 1. The van der Waals surface area contributed by atoms with Gasteiger partial charge in [0, 0.05) is 18.7 Å². The van der Waals surface area contributed by atoms with Gasteiger partial charge in [0.15, 0.2) is 17.3 Å². The zero-order chi connectivity index (χ0) is 20.3. The van der Waals surface area contributed by atoms with E-state index in [0.29, 0.717) is 30.3 Å². The zero-order valence-corrected chi connectivity index (χ0v) is 16.3. The van der Waals surface area contributed by atoms with Gasteiger partial charge >= 0.3 is 0 Å². The van der Waals surface area contributed by atoms with Crippen molar-refractivity contribution in [3.8, 4) is 11.5 Å². The second-order valence-corrected chi connectivity index (χ2v) is 7.96. The van der Waals surface area contributed by atoms with Crippen LogP contribution in [0.3, 0.4) is 0 Å². The molecule has 0 unspecified atom stereocenters. The molecule has 0 saturated carbocycles. The van der Waals surface area contributed by atoms with E-state index in [0.717, 1.165) is 4.31 Å². The number of anilines is 1. The molecule has 0 atom stereocenters. The molecule has 0 fully saturated rings. The van der Waals surface area contributed by atoms with Crippen LogP contribution in [-0.2, 0) is 14.8 Å². The maximum atomic E-state index is 13.3. The molecule has 0 saturated heterocycles. The zero-order valence-electron chi connectivity index (χ0n) is 15.5. The molecule has 9 heteroatoms. The summed E-state index contributed by atoms with van der Waals surface area (Å²) < 4.78 is 38.4. The molecule has 8 nitrogen and oxygen atoms in total. The Bertz CT molecular complexity index is 1000. The SMILES string of the molecule is CNC(=O)CN(c1ccc(C(C)=O)cc1)S(=O)(=O)c1ccc2c(c1)OCCO2. The summed E-state index contributed by atoms with van der Waals surface area (Å²) in [7, 11) is -2.65. The Kier molecular flexibility index (Phi) is 5.55. The third-order valence-electron chi connectivity index (χ3n) is 4.23. The number of Topliss-reactive ketones (excluding diaryl/α,β-unsaturated/α-hetero) is 1. The van der Waals surface area contributed by atoms with Gasteiger partial charge in [-0.3, -0.25) is 13.9 Å². The van der Waals surface area contributed by atoms with Gasteiger partial charge in [0.2, 0.25) is 5.91 Å². The van der Waals surface area contributed by atoms with Gasteiger partial charge in [-0.1, -0.05) is 0 Å². The van der Waals surface area contributed by atoms with E-state index < -0.39 is 22.5 Å². The molecule has 1 aliphatic heterocycles. The van der Waals surface area contributed by atoms with E-state index in [9.17, 15) is 18.0 Å². The molecule has 1 amide bonds. The summed E-state index contributed by atoms with van der Waals surface area (Å²) in [6.07, 6.45) is 0. The highest BCUT2D eigenvalue weighted by atomic mass is 32.2. The summed E-state index contributed by atoms with van der Waals surface area (Å²) in [6, 6.07) is 10.3. The highest BCUT2D eigenvalue weighted by molar-refractivity contribution is 7.92. The van der Waals surface area contributed by atoms with E-state index in [-0.39, 0.29) is 16.4 Å². The minimum absolute atomic E-state index is 0.0312. The van der Waals surface area contributed by atoms with Crippen molar-refractivity contribution in [1.29, 1.82) is 0 Å². The quantitative estimate of drug-likeness (QED) is 0.734. The number of amides is 1. The largest absolute Gasteiger partial charge is 0.486 e. The normalized spacial score (nSPS) is 12.9. The van der Waals surface area contributed by atoms with Crippen molar-refractivity contribution < 1.29 is 27.5 Å². The maximum Gasteiger partial charge on any atom is 0.264 e. The van der Waals surface area contributed by atoms with Crippen LogP contribution in [-0.4, -0.2) is 46.9 Å². The fourth-order valence-electron chi connectivity index (χ4n) is 2.70. The third kappa shape index (κ3) is 3.94. The van der Waals surface area contributed by atoms with Crippen molar-refractivity contribution in [2.75, 3.05) is 31.1 Å². The molecule has 2 aromatic rings. The van der Waals surface area contributed by atoms with Crippen molar-refractivity contribution in [2.45, 2.75) is 11.8 Å². The van der Waals surface area contributed by atoms with Gasteiger partial charge in [-0.2, -0.15) is 0 Å². The van der Waals surface area contributed by atoms with Crippen LogP contribution in [0.2, 0.25) is 0 Å². The van der Waals surface area contributed by atoms with Gasteiger partial charge in [0.05, 0.1) is 10.6 Å². The van der Waals surface area contributed by atoms with Crippen molar-refractivity contribution in [3.63, 3.8) is 0 Å². The third-order valence-corrected chi connectivity index (χ3v) is 6.00. The van der Waals surface area contributed by atoms with Crippen LogP contribution in [0.25, 0.3) is 0 Å². The standard InChI is InChI=1S/C19H20N2O6S/c1-13(22)14-3-5-15(6-4-14)21(12-19(23)20-2)28(24,25)16-7-8-17-18(11-16)27-10-9-26-17/h3-8,11H,9-10,12H2,1-2H3,(H,20,23). The second kappa shape index (κ2) is 7.89. The van der Waals surface area contributed by atoms with Gasteiger partial charge < -0.3 is 14.8 Å². The molecule has 1 aliphatic rings. The van der Waals surface area contributed by atoms with Gasteiger partial charge in [-0.15, -0.1) is 0 Å². The van der Waals surface area contributed by atoms with Crippen molar-refractivity contribution >= 4 is 27.4 Å². The van der Waals surface area contributed by atoms with Crippen LogP contribution in [0.4, 0.5) is 5.69 Å². The Hall–Kier alpha value is -3.07. The Morgan fingerprint density at radius 2 is 1.68 bits per heavy atom. The molecular formula is C19H20N2O6S. The Balaban J connectivity index is 2.03. The number of hydrogen-bond acceptors (Lipinski definition) is 6. The van der Waals surface area contributed by atoms with Gasteiger partial charge in [0.25, 0.3) is 10.0 Å². The number of nitrogens with one attached hydrogen (secondary N) is 1. The summed E-state index contributed by atoms with van der Waals surface area (Å²) in [4.78, 5) is 23.4. The van der Waals surface area contributed by atoms with Crippen molar-refractivity contribution in [2.24, 2.45) is 0 Å². The molecule has 0 radical (unpaired) electrons. The summed E-state index contributed by atoms with van der Waals surface area (Å²) in [5, 5.41) is 2.42. The Morgan fingerprint density at radius 3 is 2.29 bits per heavy atom. The lowest BCUT2D eigenvalue weighted by Gasteiger charge is -2.25. The van der Waals surface area contributed by atoms with E-state index in [2.05, 4.69) is 5.32 Å². The number of carbonyl (C=O) groups excluding carboxylic acids is 2. The number of carbonyl (C=O) groups is 2. The highest BCUT2D eigenvalue weighted by Crippen LogP contribution is 2.34. The molecule has 0 aliphatic carbocycles. The van der Waals surface area contributed by atoms with Gasteiger partial charge in [0.1, 0.15) is 19.8 Å². The monoisotopic (exact) mass is 404 g/mol. The van der Waals surface area contributed by atoms with Crippen LogP contribution in [0.5, 0.6) is 11.5 Å². The number of likely N-dealkylation sites (N-methyl/N-ethyl adjacent to an activating group) is 1. The lowest BCUT2D eigenvalue weighted by Crippen LogP contribution is -2.39. The predicted molar refractivity (Wildman–Crippen MR) is 102 cm³/mol. The van der Waals surface area contributed by atoms with E-state index in [4.69, 9.17) is 9.47 Å². The highest BCUT2D eigenvalue weighted by Gasteiger charge is 2.28. The topological polar surface area (TPSA) is 102 Å². The molecule has 2 aromatic carbocycles. The van der Waals surface area contributed by atoms with Gasteiger partial charge in [-0.05, 0) is 43.3 Å². The molecule has 28 heavy (non-hydrogen) atoms. The molecule has 3 rings (SSSR count). The maximum absolute atomic E-state index is 13.3. The number of ether oxygens (including phenoxy) is 2. The Labute approximate surface area is 163 Å². The van der Waals surface area contributed by atoms with Gasteiger partial charge in [-0.25, -0.2) is 8.42 Å². The molecule has 148 valence electrons. The average molecular weight is 404 g/mol. The first kappa shape index (κ1) is 19.7. The lowest BCUT2D eigenvalue weighted by atomic mass is 10.1. The van der Waals surface area contributed by atoms with Crippen LogP contribution >= 0.6 is 0 Å². The summed E-state index contributed by atoms with van der Waals surface area (Å²) in [6.45, 7) is 1.73. The molecule has 0 aromatic heterocycles. The minimum atomic E-state index is -4.07. The van der Waals surface area contributed by atoms with E-state index >= 15 is 0 Å². The van der Waals surface area contributed by atoms with Crippen molar-refractivity contribution in [3.05, 3.63) is 48.0 Å². The number of hydrogen-bond donors (Lipinski definition) is 1. The summed E-state index contributed by atoms with van der Waals surface area (Å²) >= 11 is 0. The average Bonchev–Trinajstić information content (AvgIpc) is 2.71. The Morgan fingerprint density at radius 1 is 1.04 bits per heavy atom. The second-order valence-electron chi connectivity index (χ2n) is 6.09. The molecule has 0 spiro atoms. The first-order valence-corrected chi connectivity index (χ1v) is 10.0. The van der Waals surface area contributed by atoms with Crippen LogP contribution in [0.1, 0.15) is 17.3 Å². The predicted octanol–water partition coefficient (Wildman–Crippen LogP) is 1.60. The van der Waals surface area contributed by atoms with Crippen LogP contribution in [0.15, 0.2) is 47.4 Å². The summed E-state index contributed by atoms with van der Waals surface area (Å²) in [5.74, 6) is 0.184. The summed E-state index contributed by atoms with van der Waals surface area (Å²) in [5.41, 5.74) is 0.712. The number of fused-ring (bicyclic) bond motifs is 1. The number of rotatable bonds is 6. The van der Waals surface area contributed by atoms with E-state index in [1.807, 2.05) is 0 Å². The first-order valence-electron chi connectivity index (χ1n) is 8.57. The fraction of sp³-hybridized carbons (Fsp3) is 0.263. The molecule has 1 N–H and O–H groups in total. The molecule has 1 heterocycles. The molecule has 0 bridgehead atoms. The number of sulfonamides is 1.